The van der Waals surface area contributed by atoms with Crippen LogP contribution in [0.4, 0.5) is 5.69 Å². The summed E-state index contributed by atoms with van der Waals surface area (Å²) in [6.45, 7) is 0.545. The van der Waals surface area contributed by atoms with Gasteiger partial charge in [-0.15, -0.1) is 0 Å². The number of amides is 2. The first-order valence-corrected chi connectivity index (χ1v) is 10.2. The summed E-state index contributed by atoms with van der Waals surface area (Å²) in [6.07, 6.45) is 2.47. The Balaban J connectivity index is 1.56. The molecule has 0 atom stereocenters. The summed E-state index contributed by atoms with van der Waals surface area (Å²) in [5, 5.41) is 2.60. The normalized spacial score (nSPS) is 17.2. The second kappa shape index (κ2) is 8.26. The molecule has 4 rings (SSSR count). The minimum atomic E-state index is -0.207. The van der Waals surface area contributed by atoms with Gasteiger partial charge in [-0.05, 0) is 47.9 Å². The first-order valence-electron chi connectivity index (χ1n) is 8.98. The van der Waals surface area contributed by atoms with Crippen LogP contribution in [0.1, 0.15) is 11.1 Å². The number of nitrogens with zero attached hydrogens (tertiary/aromatic N) is 1. The van der Waals surface area contributed by atoms with Gasteiger partial charge in [0.15, 0.2) is 6.61 Å². The summed E-state index contributed by atoms with van der Waals surface area (Å²) < 4.78 is 11.2. The summed E-state index contributed by atoms with van der Waals surface area (Å²) in [7, 11) is 1.63. The zero-order valence-electron chi connectivity index (χ0n) is 15.6. The van der Waals surface area contributed by atoms with Gasteiger partial charge in [0, 0.05) is 6.54 Å². The molecule has 0 aromatic heterocycles. The van der Waals surface area contributed by atoms with E-state index < -0.39 is 0 Å². The summed E-state index contributed by atoms with van der Waals surface area (Å²) >= 11 is 6.25. The molecule has 8 heteroatoms. The average molecular weight is 427 g/mol. The van der Waals surface area contributed by atoms with Crippen molar-refractivity contribution in [3.8, 4) is 11.5 Å². The largest absolute Gasteiger partial charge is 0.497 e. The molecule has 2 amide bonds. The van der Waals surface area contributed by atoms with Gasteiger partial charge >= 0.3 is 0 Å². The van der Waals surface area contributed by atoms with Crippen molar-refractivity contribution in [3.05, 3.63) is 58.5 Å². The number of thiocarbonyl (C=S) groups is 1. The second-order valence-electron chi connectivity index (χ2n) is 6.51. The van der Waals surface area contributed by atoms with Crippen molar-refractivity contribution in [2.45, 2.75) is 6.42 Å². The number of benzene rings is 2. The maximum absolute atomic E-state index is 12.5. The standard InChI is InChI=1S/C21H18N2O4S2/c1-26-15-5-2-13(3-6-15)8-9-23-16-10-14(4-7-17(16)27-12-19(23)24)11-18-20(25)22-21(28)29-18/h2-7,10-11H,8-9,12H2,1H3,(H,22,25,28)/b18-11-. The Labute approximate surface area is 177 Å². The van der Waals surface area contributed by atoms with E-state index >= 15 is 0 Å². The monoisotopic (exact) mass is 426 g/mol. The summed E-state index contributed by atoms with van der Waals surface area (Å²) in [6, 6.07) is 13.3. The predicted molar refractivity (Wildman–Crippen MR) is 117 cm³/mol. The topological polar surface area (TPSA) is 67.9 Å². The van der Waals surface area contributed by atoms with Crippen molar-refractivity contribution in [1.82, 2.24) is 5.32 Å². The lowest BCUT2D eigenvalue weighted by atomic mass is 10.1. The second-order valence-corrected chi connectivity index (χ2v) is 8.23. The molecule has 2 aromatic carbocycles. The smallest absolute Gasteiger partial charge is 0.265 e. The van der Waals surface area contributed by atoms with Gasteiger partial charge in [0.05, 0.1) is 17.7 Å². The first kappa shape index (κ1) is 19.5. The van der Waals surface area contributed by atoms with Gasteiger partial charge in [-0.1, -0.05) is 42.2 Å². The van der Waals surface area contributed by atoms with Gasteiger partial charge in [-0.2, -0.15) is 0 Å². The molecule has 0 unspecified atom stereocenters. The Morgan fingerprint density at radius 1 is 1.24 bits per heavy atom. The molecule has 1 N–H and O–H groups in total. The molecule has 0 saturated carbocycles. The van der Waals surface area contributed by atoms with Crippen molar-refractivity contribution in [2.75, 3.05) is 25.2 Å². The maximum atomic E-state index is 12.5. The lowest BCUT2D eigenvalue weighted by molar-refractivity contribution is -0.121. The van der Waals surface area contributed by atoms with Gasteiger partial charge < -0.3 is 19.7 Å². The van der Waals surface area contributed by atoms with Crippen molar-refractivity contribution in [3.63, 3.8) is 0 Å². The highest BCUT2D eigenvalue weighted by molar-refractivity contribution is 8.26. The van der Waals surface area contributed by atoms with Crippen LogP contribution in [0.25, 0.3) is 6.08 Å². The number of ether oxygens (including phenoxy) is 2. The van der Waals surface area contributed by atoms with Crippen LogP contribution in [0.5, 0.6) is 11.5 Å². The lowest BCUT2D eigenvalue weighted by Gasteiger charge is -2.29. The molecule has 2 aliphatic rings. The zero-order chi connectivity index (χ0) is 20.4. The molecule has 0 bridgehead atoms. The Morgan fingerprint density at radius 3 is 2.72 bits per heavy atom. The van der Waals surface area contributed by atoms with E-state index in [2.05, 4.69) is 5.32 Å². The van der Waals surface area contributed by atoms with Gasteiger partial charge in [-0.25, -0.2) is 0 Å². The van der Waals surface area contributed by atoms with Crippen LogP contribution in [0.15, 0.2) is 47.4 Å². The van der Waals surface area contributed by atoms with E-state index in [1.807, 2.05) is 42.5 Å². The lowest BCUT2D eigenvalue weighted by Crippen LogP contribution is -2.40. The molecule has 148 valence electrons. The van der Waals surface area contributed by atoms with E-state index in [-0.39, 0.29) is 18.4 Å². The summed E-state index contributed by atoms with van der Waals surface area (Å²) in [4.78, 5) is 26.7. The number of hydrogen-bond acceptors (Lipinski definition) is 6. The molecule has 2 heterocycles. The summed E-state index contributed by atoms with van der Waals surface area (Å²) in [5.74, 6) is 1.15. The van der Waals surface area contributed by atoms with E-state index in [1.54, 1.807) is 18.1 Å². The number of hydrogen-bond donors (Lipinski definition) is 1. The Morgan fingerprint density at radius 2 is 2.03 bits per heavy atom. The minimum Gasteiger partial charge on any atom is -0.497 e. The van der Waals surface area contributed by atoms with Crippen LogP contribution in [-0.4, -0.2) is 36.4 Å². The third kappa shape index (κ3) is 4.28. The Kier molecular flexibility index (Phi) is 5.55. The highest BCUT2D eigenvalue weighted by atomic mass is 32.2. The molecule has 0 aliphatic carbocycles. The minimum absolute atomic E-state index is 0.0164. The number of carbonyl (C=O) groups is 2. The fourth-order valence-electron chi connectivity index (χ4n) is 3.16. The predicted octanol–water partition coefficient (Wildman–Crippen LogP) is 3.15. The Bertz CT molecular complexity index is 1020. The molecule has 2 aromatic rings. The fraction of sp³-hybridized carbons (Fsp3) is 0.190. The quantitative estimate of drug-likeness (QED) is 0.585. The van der Waals surface area contributed by atoms with Crippen LogP contribution in [0.2, 0.25) is 0 Å². The van der Waals surface area contributed by atoms with Gasteiger partial charge in [-0.3, -0.25) is 9.59 Å². The average Bonchev–Trinajstić information content (AvgIpc) is 3.04. The van der Waals surface area contributed by atoms with E-state index in [0.29, 0.717) is 33.6 Å². The van der Waals surface area contributed by atoms with E-state index in [9.17, 15) is 9.59 Å². The number of methoxy groups -OCH3 is 1. The van der Waals surface area contributed by atoms with Crippen LogP contribution >= 0.6 is 24.0 Å². The van der Waals surface area contributed by atoms with Gasteiger partial charge in [0.1, 0.15) is 15.8 Å². The summed E-state index contributed by atoms with van der Waals surface area (Å²) in [5.41, 5.74) is 2.62. The Hall–Kier alpha value is -2.84. The highest BCUT2D eigenvalue weighted by Gasteiger charge is 2.26. The van der Waals surface area contributed by atoms with E-state index in [0.717, 1.165) is 16.9 Å². The highest BCUT2D eigenvalue weighted by Crippen LogP contribution is 2.35. The number of nitrogens with one attached hydrogen (secondary N) is 1. The van der Waals surface area contributed by atoms with Crippen LogP contribution < -0.4 is 19.7 Å². The van der Waals surface area contributed by atoms with E-state index in [1.165, 1.54) is 11.8 Å². The zero-order valence-corrected chi connectivity index (χ0v) is 17.3. The van der Waals surface area contributed by atoms with Gasteiger partial charge in [0.25, 0.3) is 11.8 Å². The fourth-order valence-corrected chi connectivity index (χ4v) is 4.20. The molecule has 1 saturated heterocycles. The van der Waals surface area contributed by atoms with Crippen LogP contribution in [-0.2, 0) is 16.0 Å². The molecule has 1 fully saturated rings. The number of fused-ring (bicyclic) bond motifs is 1. The molecule has 2 aliphatic heterocycles. The van der Waals surface area contributed by atoms with Crippen molar-refractivity contribution in [1.29, 1.82) is 0 Å². The number of rotatable bonds is 5. The van der Waals surface area contributed by atoms with Crippen molar-refractivity contribution in [2.24, 2.45) is 0 Å². The first-order chi connectivity index (χ1) is 14.0. The van der Waals surface area contributed by atoms with Crippen molar-refractivity contribution >= 4 is 51.9 Å². The maximum Gasteiger partial charge on any atom is 0.265 e. The molecule has 0 spiro atoms. The molecular formula is C21H18N2O4S2. The molecule has 29 heavy (non-hydrogen) atoms. The molecular weight excluding hydrogens is 408 g/mol. The van der Waals surface area contributed by atoms with Crippen molar-refractivity contribution < 1.29 is 19.1 Å². The number of thioether (sulfide) groups is 1. The molecule has 0 radical (unpaired) electrons. The van der Waals surface area contributed by atoms with E-state index in [4.69, 9.17) is 21.7 Å². The van der Waals surface area contributed by atoms with Gasteiger partial charge in [0.2, 0.25) is 0 Å². The third-order valence-corrected chi connectivity index (χ3v) is 5.81. The number of carbonyl (C=O) groups excluding carboxylic acids is 2. The SMILES string of the molecule is COc1ccc(CCN2C(=O)COc3ccc(/C=C4\SC(=S)NC4=O)cc32)cc1. The van der Waals surface area contributed by atoms with Crippen LogP contribution in [0, 0.1) is 0 Å². The number of anilines is 1. The van der Waals surface area contributed by atoms with Crippen LogP contribution in [0.3, 0.4) is 0 Å². The third-order valence-electron chi connectivity index (χ3n) is 4.65. The molecule has 6 nitrogen and oxygen atoms in total.